The maximum absolute atomic E-state index is 11.1. The van der Waals surface area contributed by atoms with Crippen LogP contribution in [0.2, 0.25) is 10.0 Å². The van der Waals surface area contributed by atoms with Crippen LogP contribution in [0.15, 0.2) is 24.4 Å². The van der Waals surface area contributed by atoms with E-state index in [1.807, 2.05) is 0 Å². The molecule has 0 saturated carbocycles. The topological polar surface area (TPSA) is 123 Å². The first kappa shape index (κ1) is 17.8. The summed E-state index contributed by atoms with van der Waals surface area (Å²) in [5.41, 5.74) is -0.439. The highest BCUT2D eigenvalue weighted by molar-refractivity contribution is 6.36. The lowest BCUT2D eigenvalue weighted by Crippen LogP contribution is -2.23. The van der Waals surface area contributed by atoms with Crippen molar-refractivity contribution < 1.29 is 24.7 Å². The van der Waals surface area contributed by atoms with Crippen molar-refractivity contribution in [2.75, 3.05) is 0 Å². The molecule has 0 aliphatic rings. The van der Waals surface area contributed by atoms with Gasteiger partial charge in [0.05, 0.1) is 20.7 Å². The number of nitro benzene ring substituents is 1. The smallest absolute Gasteiger partial charge is 0.344 e. The number of aromatic hydroxyl groups is 1. The van der Waals surface area contributed by atoms with Crippen LogP contribution in [0.1, 0.15) is 6.92 Å². The van der Waals surface area contributed by atoms with Gasteiger partial charge in [0.1, 0.15) is 0 Å². The van der Waals surface area contributed by atoms with Crippen LogP contribution in [0, 0.1) is 10.1 Å². The number of pyridine rings is 1. The van der Waals surface area contributed by atoms with Crippen LogP contribution in [0.4, 0.5) is 5.69 Å². The van der Waals surface area contributed by atoms with E-state index in [0.29, 0.717) is 0 Å². The summed E-state index contributed by atoms with van der Waals surface area (Å²) < 4.78 is 5.04. The normalized spacial score (nSPS) is 11.8. The van der Waals surface area contributed by atoms with Crippen molar-refractivity contribution in [1.29, 1.82) is 0 Å². The first-order valence-electron chi connectivity index (χ1n) is 6.43. The van der Waals surface area contributed by atoms with Gasteiger partial charge in [-0.05, 0) is 19.1 Å². The number of nitro groups is 1. The molecule has 0 aliphatic heterocycles. The van der Waals surface area contributed by atoms with E-state index in [9.17, 15) is 20.0 Å². The Labute approximate surface area is 145 Å². The summed E-state index contributed by atoms with van der Waals surface area (Å²) in [6.45, 7) is 1.17. The standard InChI is InChI=1S/C14H10Cl2N2O6/c1-6(14(20)21)24-13-10(18(22)23)3-2-8(12(13)19)11-9(16)4-7(15)5-17-11/h2-6,19H,1H3,(H,20,21). The second-order valence-electron chi connectivity index (χ2n) is 4.65. The molecule has 2 N–H and O–H groups in total. The molecule has 2 rings (SSSR count). The van der Waals surface area contributed by atoms with Gasteiger partial charge < -0.3 is 14.9 Å². The third kappa shape index (κ3) is 3.50. The largest absolute Gasteiger partial charge is 0.504 e. The zero-order valence-electron chi connectivity index (χ0n) is 12.1. The number of rotatable bonds is 5. The number of phenolic OH excluding ortho intramolecular Hbond substituents is 1. The van der Waals surface area contributed by atoms with E-state index in [2.05, 4.69) is 4.98 Å². The van der Waals surface area contributed by atoms with E-state index in [1.54, 1.807) is 0 Å². The minimum absolute atomic E-state index is 0.0369. The minimum atomic E-state index is -1.42. The Morgan fingerprint density at radius 1 is 1.42 bits per heavy atom. The number of halogens is 2. The molecule has 0 fully saturated rings. The predicted octanol–water partition coefficient (Wildman–Crippen LogP) is 3.52. The number of hydrogen-bond acceptors (Lipinski definition) is 6. The third-order valence-corrected chi connectivity index (χ3v) is 3.51. The molecule has 10 heteroatoms. The zero-order valence-corrected chi connectivity index (χ0v) is 13.6. The maximum Gasteiger partial charge on any atom is 0.344 e. The molecule has 8 nitrogen and oxygen atoms in total. The molecule has 1 aromatic carbocycles. The SMILES string of the molecule is CC(Oc1c([N+](=O)[O-])ccc(-c2ncc(Cl)cc2Cl)c1O)C(=O)O. The van der Waals surface area contributed by atoms with Gasteiger partial charge in [0.15, 0.2) is 11.9 Å². The fourth-order valence-corrected chi connectivity index (χ4v) is 2.33. The van der Waals surface area contributed by atoms with Crippen molar-refractivity contribution in [3.63, 3.8) is 0 Å². The fraction of sp³-hybridized carbons (Fsp3) is 0.143. The van der Waals surface area contributed by atoms with Gasteiger partial charge in [-0.25, -0.2) is 4.79 Å². The van der Waals surface area contributed by atoms with Gasteiger partial charge in [0.25, 0.3) is 0 Å². The van der Waals surface area contributed by atoms with Gasteiger partial charge in [-0.1, -0.05) is 23.2 Å². The van der Waals surface area contributed by atoms with E-state index in [-0.39, 0.29) is 21.3 Å². The number of aliphatic carboxylic acids is 1. The second-order valence-corrected chi connectivity index (χ2v) is 5.49. The number of phenols is 1. The molecule has 2 aromatic rings. The van der Waals surface area contributed by atoms with Crippen molar-refractivity contribution in [1.82, 2.24) is 4.98 Å². The zero-order chi connectivity index (χ0) is 18.0. The van der Waals surface area contributed by atoms with Gasteiger partial charge in [-0.15, -0.1) is 0 Å². The molecular weight excluding hydrogens is 363 g/mol. The number of nitrogens with zero attached hydrogens (tertiary/aromatic N) is 2. The highest BCUT2D eigenvalue weighted by atomic mass is 35.5. The molecule has 0 saturated heterocycles. The molecule has 0 aliphatic carbocycles. The number of carboxylic acids is 1. The summed E-state index contributed by atoms with van der Waals surface area (Å²) in [5, 5.41) is 30.7. The molecule has 1 aromatic heterocycles. The summed E-state index contributed by atoms with van der Waals surface area (Å²) in [6, 6.07) is 3.67. The lowest BCUT2D eigenvalue weighted by Gasteiger charge is -2.14. The maximum atomic E-state index is 11.1. The summed E-state index contributed by atoms with van der Waals surface area (Å²) in [5.74, 6) is -2.58. The van der Waals surface area contributed by atoms with E-state index >= 15 is 0 Å². The van der Waals surface area contributed by atoms with Crippen LogP contribution in [0.5, 0.6) is 11.5 Å². The molecule has 0 radical (unpaired) electrons. The van der Waals surface area contributed by atoms with E-state index < -0.39 is 34.2 Å². The van der Waals surface area contributed by atoms with Crippen LogP contribution in [-0.4, -0.2) is 32.2 Å². The quantitative estimate of drug-likeness (QED) is 0.607. The molecule has 0 bridgehead atoms. The highest BCUT2D eigenvalue weighted by Crippen LogP contribution is 2.45. The summed E-state index contributed by atoms with van der Waals surface area (Å²) in [7, 11) is 0. The fourth-order valence-electron chi connectivity index (χ4n) is 1.85. The lowest BCUT2D eigenvalue weighted by molar-refractivity contribution is -0.386. The van der Waals surface area contributed by atoms with Crippen molar-refractivity contribution in [2.24, 2.45) is 0 Å². The van der Waals surface area contributed by atoms with Crippen LogP contribution < -0.4 is 4.74 Å². The molecule has 1 unspecified atom stereocenters. The van der Waals surface area contributed by atoms with E-state index in [1.165, 1.54) is 25.3 Å². The Balaban J connectivity index is 2.63. The van der Waals surface area contributed by atoms with Crippen LogP contribution >= 0.6 is 23.2 Å². The Bertz CT molecular complexity index is 827. The summed E-state index contributed by atoms with van der Waals surface area (Å²) in [4.78, 5) is 25.2. The van der Waals surface area contributed by atoms with Crippen molar-refractivity contribution in [2.45, 2.75) is 13.0 Å². The van der Waals surface area contributed by atoms with Gasteiger partial charge in [-0.2, -0.15) is 0 Å². The average molecular weight is 373 g/mol. The molecule has 24 heavy (non-hydrogen) atoms. The van der Waals surface area contributed by atoms with Crippen molar-refractivity contribution >= 4 is 34.9 Å². The predicted molar refractivity (Wildman–Crippen MR) is 85.7 cm³/mol. The second kappa shape index (κ2) is 6.90. The third-order valence-electron chi connectivity index (χ3n) is 3.01. The van der Waals surface area contributed by atoms with E-state index in [0.717, 1.165) is 6.07 Å². The van der Waals surface area contributed by atoms with Gasteiger partial charge in [0, 0.05) is 17.8 Å². The number of carboxylic acid groups (broad SMARTS) is 1. The lowest BCUT2D eigenvalue weighted by atomic mass is 10.1. The molecule has 1 atom stereocenters. The monoisotopic (exact) mass is 372 g/mol. The van der Waals surface area contributed by atoms with Crippen LogP contribution in [0.3, 0.4) is 0 Å². The van der Waals surface area contributed by atoms with Crippen LogP contribution in [-0.2, 0) is 4.79 Å². The van der Waals surface area contributed by atoms with E-state index in [4.69, 9.17) is 33.0 Å². The molecule has 0 spiro atoms. The number of aromatic nitrogens is 1. The Hall–Kier alpha value is -2.58. The van der Waals surface area contributed by atoms with Crippen molar-refractivity contribution in [3.05, 3.63) is 44.6 Å². The van der Waals surface area contributed by atoms with Crippen molar-refractivity contribution in [3.8, 4) is 22.8 Å². The van der Waals surface area contributed by atoms with Gasteiger partial charge in [0.2, 0.25) is 5.75 Å². The Morgan fingerprint density at radius 3 is 2.62 bits per heavy atom. The molecular formula is C14H10Cl2N2O6. The number of hydrogen-bond donors (Lipinski definition) is 2. The number of ether oxygens (including phenoxy) is 1. The Kier molecular flexibility index (Phi) is 5.10. The Morgan fingerprint density at radius 2 is 2.08 bits per heavy atom. The average Bonchev–Trinajstić information content (AvgIpc) is 2.49. The first-order valence-corrected chi connectivity index (χ1v) is 7.19. The van der Waals surface area contributed by atoms with Crippen LogP contribution in [0.25, 0.3) is 11.3 Å². The van der Waals surface area contributed by atoms with Gasteiger partial charge >= 0.3 is 11.7 Å². The molecule has 0 amide bonds. The minimum Gasteiger partial charge on any atom is -0.504 e. The first-order chi connectivity index (χ1) is 11.2. The molecule has 126 valence electrons. The highest BCUT2D eigenvalue weighted by Gasteiger charge is 2.27. The summed E-state index contributed by atoms with van der Waals surface area (Å²) >= 11 is 11.8. The number of carbonyl (C=O) groups is 1. The molecule has 1 heterocycles. The summed E-state index contributed by atoms with van der Waals surface area (Å²) in [6.07, 6.45) is -0.136. The number of benzene rings is 1. The van der Waals surface area contributed by atoms with Gasteiger partial charge in [-0.3, -0.25) is 15.1 Å².